The van der Waals surface area contributed by atoms with Gasteiger partial charge in [-0.2, -0.15) is 0 Å². The van der Waals surface area contributed by atoms with Crippen molar-refractivity contribution in [1.29, 1.82) is 0 Å². The summed E-state index contributed by atoms with van der Waals surface area (Å²) in [5.41, 5.74) is 0. The van der Waals surface area contributed by atoms with Gasteiger partial charge in [-0.1, -0.05) is 299 Å². The zero-order chi connectivity index (χ0) is 57.0. The van der Waals surface area contributed by atoms with Crippen molar-refractivity contribution in [2.75, 3.05) is 47.5 Å². The molecule has 2 atom stereocenters. The number of nitrogens with zero attached hydrogens (tertiary/aromatic N) is 1. The van der Waals surface area contributed by atoms with Gasteiger partial charge in [-0.05, 0) is 57.8 Å². The number of quaternary nitrogens is 1. The standard InChI is InChI=1S/C68H126NO8P/c1-6-8-10-12-14-16-18-20-22-24-26-27-28-29-30-31-32-33-34-35-36-37-38-39-40-41-43-45-47-49-51-53-55-57-59-61-68(71)77-66(65-76-78(72,73)75-63-62-69(3,4)5)64-74-67(70)60-58-56-54-52-50-48-46-44-42-25-23-21-19-17-15-13-11-9-7-2/h8,10,14,16,20,22,26-27,29-30,66H,6-7,9,11-13,15,17-19,21,23-25,28,31-65H2,1-5H3/b10-8-,16-14-,22-20-,27-26-,30-29-. The van der Waals surface area contributed by atoms with Crippen LogP contribution in [0.1, 0.15) is 309 Å². The molecule has 456 valence electrons. The van der Waals surface area contributed by atoms with Crippen molar-refractivity contribution in [2.45, 2.75) is 315 Å². The minimum absolute atomic E-state index is 0.0288. The lowest BCUT2D eigenvalue weighted by Gasteiger charge is -2.28. The van der Waals surface area contributed by atoms with E-state index in [1.807, 2.05) is 21.1 Å². The Bertz CT molecular complexity index is 1500. The van der Waals surface area contributed by atoms with E-state index >= 15 is 0 Å². The maximum atomic E-state index is 12.8. The number of unbranched alkanes of at least 4 members (excludes halogenated alkanes) is 37. The van der Waals surface area contributed by atoms with E-state index in [0.717, 1.165) is 70.6 Å². The molecule has 0 aromatic rings. The number of carbonyl (C=O) groups excluding carboxylic acids is 2. The number of esters is 2. The summed E-state index contributed by atoms with van der Waals surface area (Å²) in [7, 11) is 1.18. The van der Waals surface area contributed by atoms with Gasteiger partial charge >= 0.3 is 11.9 Å². The van der Waals surface area contributed by atoms with Crippen molar-refractivity contribution >= 4 is 19.8 Å². The Hall–Kier alpha value is -2.29. The van der Waals surface area contributed by atoms with Crippen LogP contribution in [0.25, 0.3) is 0 Å². The first-order valence-corrected chi connectivity index (χ1v) is 34.5. The molecule has 0 saturated carbocycles. The van der Waals surface area contributed by atoms with E-state index in [1.165, 1.54) is 205 Å². The van der Waals surface area contributed by atoms with Crippen LogP contribution in [-0.4, -0.2) is 70.0 Å². The summed E-state index contributed by atoms with van der Waals surface area (Å²) < 4.78 is 34.3. The molecule has 0 aliphatic rings. The van der Waals surface area contributed by atoms with Gasteiger partial charge in [0.2, 0.25) is 0 Å². The predicted molar refractivity (Wildman–Crippen MR) is 333 cm³/mol. The van der Waals surface area contributed by atoms with Gasteiger partial charge in [0, 0.05) is 12.8 Å². The number of hydrogen-bond donors (Lipinski definition) is 0. The Morgan fingerprint density at radius 1 is 0.410 bits per heavy atom. The van der Waals surface area contributed by atoms with Crippen LogP contribution in [0.5, 0.6) is 0 Å². The number of likely N-dealkylation sites (N-methyl/N-ethyl adjacent to an activating group) is 1. The van der Waals surface area contributed by atoms with E-state index < -0.39 is 26.5 Å². The van der Waals surface area contributed by atoms with E-state index in [4.69, 9.17) is 18.5 Å². The highest BCUT2D eigenvalue weighted by Gasteiger charge is 2.22. The van der Waals surface area contributed by atoms with E-state index in [-0.39, 0.29) is 32.0 Å². The summed E-state index contributed by atoms with van der Waals surface area (Å²) in [5, 5.41) is 0. The van der Waals surface area contributed by atoms with Crippen molar-refractivity contribution in [2.24, 2.45) is 0 Å². The van der Waals surface area contributed by atoms with E-state index in [0.29, 0.717) is 17.4 Å². The maximum Gasteiger partial charge on any atom is 0.306 e. The summed E-state index contributed by atoms with van der Waals surface area (Å²) in [5.74, 6) is -0.816. The lowest BCUT2D eigenvalue weighted by molar-refractivity contribution is -0.870. The van der Waals surface area contributed by atoms with Gasteiger partial charge in [-0.15, -0.1) is 0 Å². The average Bonchev–Trinajstić information content (AvgIpc) is 3.41. The second kappa shape index (κ2) is 59.3. The molecule has 0 spiro atoms. The van der Waals surface area contributed by atoms with Crippen molar-refractivity contribution in [3.05, 3.63) is 60.8 Å². The second-order valence-electron chi connectivity index (χ2n) is 23.5. The largest absolute Gasteiger partial charge is 0.756 e. The molecule has 0 heterocycles. The molecular weight excluding hydrogens is 990 g/mol. The minimum Gasteiger partial charge on any atom is -0.756 e. The molecule has 0 aromatic heterocycles. The monoisotopic (exact) mass is 1120 g/mol. The molecule has 0 bridgehead atoms. The SMILES string of the molecule is CC/C=C\C/C=C\C/C=C\C/C=C\C/C=C\CCCCCCCCCCCCCCCCCCCCCC(=O)OC(COC(=O)CCCCCCCCCCCCCCCCCCCCC)COP(=O)([O-])OCC[N+](C)(C)C. The number of phosphoric ester groups is 1. The quantitative estimate of drug-likeness (QED) is 0.0195. The topological polar surface area (TPSA) is 111 Å². The zero-order valence-corrected chi connectivity index (χ0v) is 52.8. The van der Waals surface area contributed by atoms with Gasteiger partial charge in [0.05, 0.1) is 27.7 Å². The first-order chi connectivity index (χ1) is 38.0. The smallest absolute Gasteiger partial charge is 0.306 e. The lowest BCUT2D eigenvalue weighted by atomic mass is 10.0. The molecule has 0 radical (unpaired) electrons. The number of hydrogen-bond acceptors (Lipinski definition) is 8. The van der Waals surface area contributed by atoms with Crippen molar-refractivity contribution < 1.29 is 42.1 Å². The van der Waals surface area contributed by atoms with Gasteiger partial charge in [0.1, 0.15) is 19.8 Å². The Kier molecular flexibility index (Phi) is 57.6. The fourth-order valence-corrected chi connectivity index (χ4v) is 10.2. The zero-order valence-electron chi connectivity index (χ0n) is 51.9. The van der Waals surface area contributed by atoms with Gasteiger partial charge in [-0.3, -0.25) is 14.2 Å². The van der Waals surface area contributed by atoms with Crippen LogP contribution in [0.4, 0.5) is 0 Å². The Morgan fingerprint density at radius 2 is 0.731 bits per heavy atom. The van der Waals surface area contributed by atoms with Gasteiger partial charge in [-0.25, -0.2) is 0 Å². The number of rotatable bonds is 61. The molecule has 0 amide bonds. The molecule has 0 aromatic carbocycles. The molecule has 0 aliphatic carbocycles. The van der Waals surface area contributed by atoms with Gasteiger partial charge < -0.3 is 27.9 Å². The molecule has 0 rings (SSSR count). The van der Waals surface area contributed by atoms with Gasteiger partial charge in [0.15, 0.2) is 6.10 Å². The van der Waals surface area contributed by atoms with Crippen LogP contribution in [0, 0.1) is 0 Å². The van der Waals surface area contributed by atoms with Crippen LogP contribution in [0.2, 0.25) is 0 Å². The number of allylic oxidation sites excluding steroid dienone is 10. The van der Waals surface area contributed by atoms with Crippen molar-refractivity contribution in [3.63, 3.8) is 0 Å². The summed E-state index contributed by atoms with van der Waals surface area (Å²) >= 11 is 0. The Morgan fingerprint density at radius 3 is 1.09 bits per heavy atom. The number of phosphoric acid groups is 1. The molecule has 0 saturated heterocycles. The molecule has 0 N–H and O–H groups in total. The second-order valence-corrected chi connectivity index (χ2v) is 24.9. The summed E-state index contributed by atoms with van der Waals surface area (Å²) in [6.45, 7) is 4.18. The summed E-state index contributed by atoms with van der Waals surface area (Å²) in [6, 6.07) is 0. The number of ether oxygens (including phenoxy) is 2. The molecule has 78 heavy (non-hydrogen) atoms. The van der Waals surface area contributed by atoms with E-state index in [9.17, 15) is 19.0 Å². The van der Waals surface area contributed by atoms with Crippen LogP contribution in [0.15, 0.2) is 60.8 Å². The summed E-state index contributed by atoms with van der Waals surface area (Å²) in [4.78, 5) is 38.0. The molecule has 0 aliphatic heterocycles. The van der Waals surface area contributed by atoms with Crippen LogP contribution in [-0.2, 0) is 32.7 Å². The number of carbonyl (C=O) groups is 2. The van der Waals surface area contributed by atoms with Crippen LogP contribution < -0.4 is 4.89 Å². The highest BCUT2D eigenvalue weighted by Crippen LogP contribution is 2.38. The first-order valence-electron chi connectivity index (χ1n) is 33.0. The third-order valence-corrected chi connectivity index (χ3v) is 15.5. The summed E-state index contributed by atoms with van der Waals surface area (Å²) in [6.07, 6.45) is 77.2. The molecule has 2 unspecified atom stereocenters. The highest BCUT2D eigenvalue weighted by atomic mass is 31.2. The fraction of sp³-hybridized carbons (Fsp3) is 0.824. The minimum atomic E-state index is -4.64. The molecule has 0 fully saturated rings. The highest BCUT2D eigenvalue weighted by molar-refractivity contribution is 7.45. The predicted octanol–water partition coefficient (Wildman–Crippen LogP) is 20.4. The third-order valence-electron chi connectivity index (χ3n) is 14.6. The van der Waals surface area contributed by atoms with E-state index in [1.54, 1.807) is 0 Å². The average molecular weight is 1120 g/mol. The fourth-order valence-electron chi connectivity index (χ4n) is 9.51. The molecule has 10 heteroatoms. The molecular formula is C68H126NO8P. The Labute approximate surface area is 483 Å². The lowest BCUT2D eigenvalue weighted by Crippen LogP contribution is -2.37. The first kappa shape index (κ1) is 75.7. The van der Waals surface area contributed by atoms with Crippen LogP contribution in [0.3, 0.4) is 0 Å². The van der Waals surface area contributed by atoms with Crippen LogP contribution >= 0.6 is 7.82 Å². The van der Waals surface area contributed by atoms with Gasteiger partial charge in [0.25, 0.3) is 7.82 Å². The Balaban J connectivity index is 3.99. The normalized spacial score (nSPS) is 13.6. The molecule has 9 nitrogen and oxygen atoms in total. The maximum absolute atomic E-state index is 12.8. The van der Waals surface area contributed by atoms with Crippen molar-refractivity contribution in [3.8, 4) is 0 Å². The van der Waals surface area contributed by atoms with Crippen molar-refractivity contribution in [1.82, 2.24) is 0 Å². The van der Waals surface area contributed by atoms with E-state index in [2.05, 4.69) is 74.6 Å². The third kappa shape index (κ3) is 62.9.